The maximum Gasteiger partial charge on any atom is 0.336 e. The fourth-order valence-electron chi connectivity index (χ4n) is 4.75. The number of methoxy groups -OCH3 is 2. The molecule has 0 fully saturated rings. The third-order valence-corrected chi connectivity index (χ3v) is 8.34. The number of carbonyl (C=O) groups is 3. The molecule has 0 saturated heterocycles. The number of rotatable bonds is 10. The van der Waals surface area contributed by atoms with E-state index in [9.17, 15) is 19.5 Å². The summed E-state index contributed by atoms with van der Waals surface area (Å²) in [5.74, 6) is -1.08. The minimum absolute atomic E-state index is 0.0454. The number of amides is 2. The highest BCUT2D eigenvalue weighted by Gasteiger charge is 2.24. The molecule has 0 aliphatic rings. The van der Waals surface area contributed by atoms with Crippen molar-refractivity contribution in [3.05, 3.63) is 125 Å². The van der Waals surface area contributed by atoms with Crippen molar-refractivity contribution in [2.75, 3.05) is 24.9 Å². The standard InChI is InChI=1S/C34H27ClN2O6S/c1-42-28-19-29(43-2)27(18-26(28)35)37-33(39)31(21-9-4-3-5-10-21)44-23-14-8-13-22(17-23)36-32(38)24-15-6-11-20-12-7-16-25(30(20)24)34(40)41/h3-19,31H,1-2H3,(H,36,38)(H,37,39)(H,40,41). The summed E-state index contributed by atoms with van der Waals surface area (Å²) in [6, 6.07) is 29.5. The molecule has 0 radical (unpaired) electrons. The zero-order valence-corrected chi connectivity index (χ0v) is 25.2. The number of nitrogens with one attached hydrogen (secondary N) is 2. The van der Waals surface area contributed by atoms with E-state index in [4.69, 9.17) is 21.1 Å². The Bertz CT molecular complexity index is 1860. The van der Waals surface area contributed by atoms with Crippen molar-refractivity contribution in [3.63, 3.8) is 0 Å². The number of thioether (sulfide) groups is 1. The summed E-state index contributed by atoms with van der Waals surface area (Å²) in [6.07, 6.45) is 0. The average molecular weight is 627 g/mol. The van der Waals surface area contributed by atoms with Crippen LogP contribution in [0.15, 0.2) is 108 Å². The van der Waals surface area contributed by atoms with Gasteiger partial charge in [0.2, 0.25) is 5.91 Å². The Morgan fingerprint density at radius 2 is 1.45 bits per heavy atom. The number of anilines is 2. The lowest BCUT2D eigenvalue weighted by Gasteiger charge is -2.19. The molecular formula is C34H27ClN2O6S. The number of hydrogen-bond donors (Lipinski definition) is 3. The van der Waals surface area contributed by atoms with E-state index in [1.165, 1.54) is 32.0 Å². The van der Waals surface area contributed by atoms with Crippen molar-refractivity contribution in [1.29, 1.82) is 0 Å². The zero-order valence-electron chi connectivity index (χ0n) is 23.7. The van der Waals surface area contributed by atoms with E-state index in [2.05, 4.69) is 10.6 Å². The maximum atomic E-state index is 13.7. The van der Waals surface area contributed by atoms with E-state index < -0.39 is 17.1 Å². The van der Waals surface area contributed by atoms with E-state index in [1.807, 2.05) is 36.4 Å². The van der Waals surface area contributed by atoms with Crippen molar-refractivity contribution in [2.24, 2.45) is 0 Å². The van der Waals surface area contributed by atoms with Crippen LogP contribution < -0.4 is 20.1 Å². The largest absolute Gasteiger partial charge is 0.495 e. The number of halogens is 1. The van der Waals surface area contributed by atoms with Gasteiger partial charge in [-0.15, -0.1) is 11.8 Å². The van der Waals surface area contributed by atoms with E-state index >= 15 is 0 Å². The Morgan fingerprint density at radius 3 is 2.14 bits per heavy atom. The lowest BCUT2D eigenvalue weighted by atomic mass is 9.98. The van der Waals surface area contributed by atoms with Gasteiger partial charge in [-0.2, -0.15) is 0 Å². The molecule has 10 heteroatoms. The quantitative estimate of drug-likeness (QED) is 0.135. The summed E-state index contributed by atoms with van der Waals surface area (Å²) in [7, 11) is 2.98. The van der Waals surface area contributed by atoms with Gasteiger partial charge in [0.05, 0.1) is 30.5 Å². The Labute approximate surface area is 263 Å². The fourth-order valence-corrected chi connectivity index (χ4v) is 6.07. The van der Waals surface area contributed by atoms with Crippen molar-refractivity contribution in [3.8, 4) is 11.5 Å². The number of hydrogen-bond acceptors (Lipinski definition) is 6. The molecule has 3 N–H and O–H groups in total. The Balaban J connectivity index is 1.42. The highest BCUT2D eigenvalue weighted by Crippen LogP contribution is 2.40. The van der Waals surface area contributed by atoms with Gasteiger partial charge in [-0.25, -0.2) is 4.79 Å². The number of carboxylic acid groups (broad SMARTS) is 1. The van der Waals surface area contributed by atoms with E-state index in [0.29, 0.717) is 38.7 Å². The molecule has 2 amide bonds. The van der Waals surface area contributed by atoms with Gasteiger partial charge in [0, 0.05) is 27.6 Å². The van der Waals surface area contributed by atoms with E-state index in [-0.39, 0.29) is 17.0 Å². The van der Waals surface area contributed by atoms with Crippen LogP contribution in [0.25, 0.3) is 10.8 Å². The summed E-state index contributed by atoms with van der Waals surface area (Å²) in [5.41, 5.74) is 1.93. The Morgan fingerprint density at radius 1 is 0.773 bits per heavy atom. The molecule has 0 aliphatic heterocycles. The SMILES string of the molecule is COc1cc(OC)c(NC(=O)C(Sc2cccc(NC(=O)c3cccc4cccc(C(=O)O)c34)c2)c2ccccc2)cc1Cl. The fraction of sp³-hybridized carbons (Fsp3) is 0.0882. The van der Waals surface area contributed by atoms with E-state index in [1.54, 1.807) is 60.7 Å². The van der Waals surface area contributed by atoms with Gasteiger partial charge < -0.3 is 25.2 Å². The molecule has 0 heterocycles. The molecule has 44 heavy (non-hydrogen) atoms. The topological polar surface area (TPSA) is 114 Å². The number of carbonyl (C=O) groups excluding carboxylic acids is 2. The minimum atomic E-state index is -1.12. The van der Waals surface area contributed by atoms with Crippen LogP contribution in [0.2, 0.25) is 5.02 Å². The highest BCUT2D eigenvalue weighted by atomic mass is 35.5. The Kier molecular flexibility index (Phi) is 9.38. The third-order valence-electron chi connectivity index (χ3n) is 6.80. The van der Waals surface area contributed by atoms with Gasteiger partial charge in [-0.3, -0.25) is 9.59 Å². The number of fused-ring (bicyclic) bond motifs is 1. The van der Waals surface area contributed by atoms with Crippen LogP contribution in [-0.4, -0.2) is 37.1 Å². The molecule has 5 aromatic carbocycles. The average Bonchev–Trinajstić information content (AvgIpc) is 3.03. The van der Waals surface area contributed by atoms with Gasteiger partial charge in [0.1, 0.15) is 16.7 Å². The summed E-state index contributed by atoms with van der Waals surface area (Å²) in [4.78, 5) is 39.7. The van der Waals surface area contributed by atoms with Crippen LogP contribution in [0.4, 0.5) is 11.4 Å². The van der Waals surface area contributed by atoms with Crippen LogP contribution in [0.1, 0.15) is 31.5 Å². The molecule has 1 unspecified atom stereocenters. The van der Waals surface area contributed by atoms with Crippen molar-refractivity contribution in [2.45, 2.75) is 10.1 Å². The van der Waals surface area contributed by atoms with Gasteiger partial charge in [-0.05, 0) is 47.3 Å². The molecule has 0 aliphatic carbocycles. The normalized spacial score (nSPS) is 11.4. The first-order valence-electron chi connectivity index (χ1n) is 13.4. The molecule has 1 atom stereocenters. The first kappa shape index (κ1) is 30.5. The van der Waals surface area contributed by atoms with E-state index in [0.717, 1.165) is 10.5 Å². The minimum Gasteiger partial charge on any atom is -0.495 e. The van der Waals surface area contributed by atoms with Crippen LogP contribution in [0.3, 0.4) is 0 Å². The van der Waals surface area contributed by atoms with Gasteiger partial charge in [-0.1, -0.05) is 72.3 Å². The van der Waals surface area contributed by atoms with Crippen LogP contribution in [-0.2, 0) is 4.79 Å². The number of benzene rings is 5. The summed E-state index contributed by atoms with van der Waals surface area (Å²) in [5, 5.41) is 16.2. The number of aromatic carboxylic acids is 1. The molecule has 0 bridgehead atoms. The summed E-state index contributed by atoms with van der Waals surface area (Å²) < 4.78 is 10.7. The van der Waals surface area contributed by atoms with Gasteiger partial charge in [0.25, 0.3) is 5.91 Å². The lowest BCUT2D eigenvalue weighted by Crippen LogP contribution is -2.19. The number of carboxylic acids is 1. The summed E-state index contributed by atoms with van der Waals surface area (Å²) in [6.45, 7) is 0. The van der Waals surface area contributed by atoms with Crippen LogP contribution in [0, 0.1) is 0 Å². The van der Waals surface area contributed by atoms with Crippen molar-refractivity contribution in [1.82, 2.24) is 0 Å². The second-order valence-corrected chi connectivity index (χ2v) is 11.2. The number of ether oxygens (including phenoxy) is 2. The van der Waals surface area contributed by atoms with Crippen molar-refractivity contribution >= 4 is 63.3 Å². The summed E-state index contributed by atoms with van der Waals surface area (Å²) >= 11 is 7.63. The Hall–Kier alpha value is -4.99. The second kappa shape index (κ2) is 13.5. The first-order valence-corrected chi connectivity index (χ1v) is 14.6. The van der Waals surface area contributed by atoms with Crippen LogP contribution >= 0.6 is 23.4 Å². The third kappa shape index (κ3) is 6.64. The predicted octanol–water partition coefficient (Wildman–Crippen LogP) is 7.93. The second-order valence-electron chi connectivity index (χ2n) is 9.58. The van der Waals surface area contributed by atoms with Gasteiger partial charge >= 0.3 is 5.97 Å². The molecule has 8 nitrogen and oxygen atoms in total. The maximum absolute atomic E-state index is 13.7. The lowest BCUT2D eigenvalue weighted by molar-refractivity contribution is -0.115. The monoisotopic (exact) mass is 626 g/mol. The molecule has 5 aromatic rings. The molecule has 222 valence electrons. The van der Waals surface area contributed by atoms with Gasteiger partial charge in [0.15, 0.2) is 0 Å². The van der Waals surface area contributed by atoms with Crippen molar-refractivity contribution < 1.29 is 29.0 Å². The van der Waals surface area contributed by atoms with Crippen LogP contribution in [0.5, 0.6) is 11.5 Å². The zero-order chi connectivity index (χ0) is 31.2. The highest BCUT2D eigenvalue weighted by molar-refractivity contribution is 8.00. The molecule has 0 saturated carbocycles. The smallest absolute Gasteiger partial charge is 0.336 e. The first-order chi connectivity index (χ1) is 21.3. The molecule has 0 spiro atoms. The molecule has 5 rings (SSSR count). The molecule has 0 aromatic heterocycles. The molecular weight excluding hydrogens is 600 g/mol. The predicted molar refractivity (Wildman–Crippen MR) is 174 cm³/mol.